The second-order valence-corrected chi connectivity index (χ2v) is 7.55. The molecular formula is C14H22BrNO3S. The molecule has 1 atom stereocenters. The van der Waals surface area contributed by atoms with Crippen molar-refractivity contribution >= 4 is 26.0 Å². The number of benzene rings is 1. The summed E-state index contributed by atoms with van der Waals surface area (Å²) < 4.78 is 33.0. The lowest BCUT2D eigenvalue weighted by Crippen LogP contribution is -2.40. The Kier molecular flexibility index (Phi) is 6.64. The highest BCUT2D eigenvalue weighted by molar-refractivity contribution is 9.10. The summed E-state index contributed by atoms with van der Waals surface area (Å²) in [7, 11) is -1.94. The molecule has 0 bridgehead atoms. The Morgan fingerprint density at radius 3 is 2.60 bits per heavy atom. The van der Waals surface area contributed by atoms with Crippen molar-refractivity contribution in [1.82, 2.24) is 4.31 Å². The van der Waals surface area contributed by atoms with E-state index in [0.29, 0.717) is 18.0 Å². The highest BCUT2D eigenvalue weighted by atomic mass is 79.9. The minimum absolute atomic E-state index is 0.0615. The third-order valence-corrected chi connectivity index (χ3v) is 5.98. The quantitative estimate of drug-likeness (QED) is 0.747. The van der Waals surface area contributed by atoms with Gasteiger partial charge in [0.15, 0.2) is 0 Å². The lowest BCUT2D eigenvalue weighted by molar-refractivity contribution is 0.167. The molecule has 0 aliphatic rings. The average Bonchev–Trinajstić information content (AvgIpc) is 2.41. The van der Waals surface area contributed by atoms with E-state index in [9.17, 15) is 8.42 Å². The first-order valence-electron chi connectivity index (χ1n) is 6.61. The van der Waals surface area contributed by atoms with Crippen molar-refractivity contribution in [2.24, 2.45) is 0 Å². The number of hydrogen-bond donors (Lipinski definition) is 0. The molecule has 4 nitrogen and oxygen atoms in total. The molecule has 1 aromatic rings. The van der Waals surface area contributed by atoms with Gasteiger partial charge in [-0.2, -0.15) is 4.31 Å². The second-order valence-electron chi connectivity index (χ2n) is 4.78. The van der Waals surface area contributed by atoms with Crippen molar-refractivity contribution in [3.8, 4) is 0 Å². The Morgan fingerprint density at radius 2 is 2.05 bits per heavy atom. The third-order valence-electron chi connectivity index (χ3n) is 3.34. The maximum Gasteiger partial charge on any atom is 0.243 e. The van der Waals surface area contributed by atoms with Gasteiger partial charge in [-0.1, -0.05) is 28.9 Å². The number of ether oxygens (including phenoxy) is 1. The van der Waals surface area contributed by atoms with E-state index in [1.165, 1.54) is 4.31 Å². The molecule has 0 saturated carbocycles. The van der Waals surface area contributed by atoms with E-state index in [0.717, 1.165) is 16.5 Å². The van der Waals surface area contributed by atoms with Gasteiger partial charge in [0.25, 0.3) is 0 Å². The molecule has 1 aromatic carbocycles. The molecule has 1 unspecified atom stereocenters. The third kappa shape index (κ3) is 4.04. The van der Waals surface area contributed by atoms with Crippen LogP contribution in [-0.4, -0.2) is 39.0 Å². The van der Waals surface area contributed by atoms with Crippen molar-refractivity contribution in [3.05, 3.63) is 28.2 Å². The summed E-state index contributed by atoms with van der Waals surface area (Å²) in [5, 5.41) is 0. The predicted molar refractivity (Wildman–Crippen MR) is 84.4 cm³/mol. The van der Waals surface area contributed by atoms with Crippen molar-refractivity contribution in [2.75, 3.05) is 20.3 Å². The summed E-state index contributed by atoms with van der Waals surface area (Å²) in [6.07, 6.45) is 0.760. The Morgan fingerprint density at radius 1 is 1.40 bits per heavy atom. The van der Waals surface area contributed by atoms with E-state index in [-0.39, 0.29) is 6.04 Å². The molecule has 1 rings (SSSR count). The zero-order valence-electron chi connectivity index (χ0n) is 12.4. The molecule has 6 heteroatoms. The van der Waals surface area contributed by atoms with Crippen molar-refractivity contribution in [2.45, 2.75) is 38.1 Å². The highest BCUT2D eigenvalue weighted by Crippen LogP contribution is 2.25. The molecule has 0 N–H and O–H groups in total. The summed E-state index contributed by atoms with van der Waals surface area (Å²) in [5.41, 5.74) is 0.749. The van der Waals surface area contributed by atoms with Crippen LogP contribution in [0.3, 0.4) is 0 Å². The van der Waals surface area contributed by atoms with Crippen LogP contribution in [0.15, 0.2) is 27.6 Å². The molecular weight excluding hydrogens is 342 g/mol. The summed E-state index contributed by atoms with van der Waals surface area (Å²) in [6.45, 7) is 6.45. The van der Waals surface area contributed by atoms with Crippen molar-refractivity contribution < 1.29 is 13.2 Å². The van der Waals surface area contributed by atoms with E-state index in [1.807, 2.05) is 32.9 Å². The lowest BCUT2D eigenvalue weighted by atomic mass is 10.2. The van der Waals surface area contributed by atoms with Gasteiger partial charge >= 0.3 is 0 Å². The first-order valence-corrected chi connectivity index (χ1v) is 8.84. The van der Waals surface area contributed by atoms with Crippen LogP contribution < -0.4 is 0 Å². The number of rotatable bonds is 7. The minimum Gasteiger partial charge on any atom is -0.383 e. The Balaban J connectivity index is 3.24. The predicted octanol–water partition coefficient (Wildman–Crippen LogP) is 3.19. The van der Waals surface area contributed by atoms with E-state index < -0.39 is 10.0 Å². The van der Waals surface area contributed by atoms with Gasteiger partial charge in [-0.05, 0) is 38.0 Å². The van der Waals surface area contributed by atoms with Crippen LogP contribution in [0.5, 0.6) is 0 Å². The molecule has 0 heterocycles. The number of nitrogens with zero attached hydrogens (tertiary/aromatic N) is 1. The number of aryl methyl sites for hydroxylation is 1. The van der Waals surface area contributed by atoms with Gasteiger partial charge in [0.1, 0.15) is 0 Å². The monoisotopic (exact) mass is 363 g/mol. The Hall–Kier alpha value is -0.430. The Labute approximate surface area is 130 Å². The van der Waals surface area contributed by atoms with Crippen LogP contribution in [0.2, 0.25) is 0 Å². The lowest BCUT2D eigenvalue weighted by Gasteiger charge is -2.28. The van der Waals surface area contributed by atoms with Gasteiger partial charge in [-0.25, -0.2) is 8.42 Å². The summed E-state index contributed by atoms with van der Waals surface area (Å²) in [5.74, 6) is 0. The summed E-state index contributed by atoms with van der Waals surface area (Å²) in [6, 6.07) is 5.25. The molecule has 0 aliphatic heterocycles. The molecule has 0 fully saturated rings. The van der Waals surface area contributed by atoms with E-state index >= 15 is 0 Å². The van der Waals surface area contributed by atoms with Crippen LogP contribution in [0.4, 0.5) is 0 Å². The first-order chi connectivity index (χ1) is 9.34. The van der Waals surface area contributed by atoms with E-state index in [1.54, 1.807) is 13.2 Å². The Bertz CT molecular complexity index is 545. The maximum atomic E-state index is 12.9. The SMILES string of the molecule is CCC(C)N(CCOC)S(=O)(=O)c1cc(Br)ccc1C. The van der Waals surface area contributed by atoms with E-state index in [4.69, 9.17) is 4.74 Å². The molecule has 0 aromatic heterocycles. The largest absolute Gasteiger partial charge is 0.383 e. The zero-order chi connectivity index (χ0) is 15.3. The molecule has 0 amide bonds. The average molecular weight is 364 g/mol. The van der Waals surface area contributed by atoms with Gasteiger partial charge in [-0.15, -0.1) is 0 Å². The van der Waals surface area contributed by atoms with Crippen LogP contribution in [-0.2, 0) is 14.8 Å². The van der Waals surface area contributed by atoms with Gasteiger partial charge in [0.2, 0.25) is 10.0 Å². The fourth-order valence-electron chi connectivity index (χ4n) is 1.94. The minimum atomic E-state index is -3.51. The topological polar surface area (TPSA) is 46.6 Å². The van der Waals surface area contributed by atoms with Crippen molar-refractivity contribution in [3.63, 3.8) is 0 Å². The molecule has 20 heavy (non-hydrogen) atoms. The molecule has 0 saturated heterocycles. The van der Waals surface area contributed by atoms with Gasteiger partial charge < -0.3 is 4.74 Å². The summed E-state index contributed by atoms with van der Waals surface area (Å²) >= 11 is 3.34. The molecule has 0 radical (unpaired) electrons. The van der Waals surface area contributed by atoms with E-state index in [2.05, 4.69) is 15.9 Å². The van der Waals surface area contributed by atoms with Gasteiger partial charge in [0.05, 0.1) is 11.5 Å². The van der Waals surface area contributed by atoms with Crippen LogP contribution >= 0.6 is 15.9 Å². The molecule has 114 valence electrons. The standard InChI is InChI=1S/C14H22BrNO3S/c1-5-12(3)16(8-9-19-4)20(17,18)14-10-13(15)7-6-11(14)2/h6-7,10,12H,5,8-9H2,1-4H3. The fraction of sp³-hybridized carbons (Fsp3) is 0.571. The normalized spacial score (nSPS) is 13.7. The smallest absolute Gasteiger partial charge is 0.243 e. The second kappa shape index (κ2) is 7.54. The zero-order valence-corrected chi connectivity index (χ0v) is 14.8. The molecule has 0 spiro atoms. The number of methoxy groups -OCH3 is 1. The first kappa shape index (κ1) is 17.6. The van der Waals surface area contributed by atoms with Gasteiger partial charge in [-0.3, -0.25) is 0 Å². The highest BCUT2D eigenvalue weighted by Gasteiger charge is 2.29. The van der Waals surface area contributed by atoms with Crippen molar-refractivity contribution in [1.29, 1.82) is 0 Å². The summed E-state index contributed by atoms with van der Waals surface area (Å²) in [4.78, 5) is 0.350. The number of halogens is 1. The fourth-order valence-corrected chi connectivity index (χ4v) is 4.39. The molecule has 0 aliphatic carbocycles. The number of sulfonamides is 1. The van der Waals surface area contributed by atoms with Crippen LogP contribution in [0, 0.1) is 6.92 Å². The van der Waals surface area contributed by atoms with Gasteiger partial charge in [0, 0.05) is 24.2 Å². The maximum absolute atomic E-state index is 12.9. The van der Waals surface area contributed by atoms with Crippen LogP contribution in [0.1, 0.15) is 25.8 Å². The van der Waals surface area contributed by atoms with Crippen LogP contribution in [0.25, 0.3) is 0 Å². The number of hydrogen-bond acceptors (Lipinski definition) is 3.